The highest BCUT2D eigenvalue weighted by Crippen LogP contribution is 2.35. The van der Waals surface area contributed by atoms with E-state index in [9.17, 15) is 9.18 Å². The number of aromatic carboxylic acids is 1. The third-order valence-corrected chi connectivity index (χ3v) is 3.47. The molecule has 20 heavy (non-hydrogen) atoms. The maximum absolute atomic E-state index is 12.8. The third-order valence-electron chi connectivity index (χ3n) is 2.40. The molecule has 0 atom stereocenters. The Kier molecular flexibility index (Phi) is 4.24. The highest BCUT2D eigenvalue weighted by Gasteiger charge is 2.09. The number of carboxylic acid groups (broad SMARTS) is 1. The lowest BCUT2D eigenvalue weighted by Gasteiger charge is -2.06. The number of rotatable bonds is 4. The third kappa shape index (κ3) is 3.28. The topological polar surface area (TPSA) is 86.1 Å². The summed E-state index contributed by atoms with van der Waals surface area (Å²) in [6.07, 6.45) is 0. The van der Waals surface area contributed by atoms with Crippen molar-refractivity contribution in [3.8, 4) is 0 Å². The van der Waals surface area contributed by atoms with Crippen LogP contribution in [0.2, 0.25) is 0 Å². The van der Waals surface area contributed by atoms with Crippen LogP contribution in [0.3, 0.4) is 0 Å². The molecule has 2 aromatic carbocycles. The number of nitrogens with zero attached hydrogens (tertiary/aromatic N) is 3. The van der Waals surface area contributed by atoms with Gasteiger partial charge < -0.3 is 5.11 Å². The van der Waals surface area contributed by atoms with Gasteiger partial charge in [-0.25, -0.2) is 9.18 Å². The van der Waals surface area contributed by atoms with Crippen LogP contribution in [-0.2, 0) is 0 Å². The van der Waals surface area contributed by atoms with E-state index in [-0.39, 0.29) is 17.1 Å². The molecule has 1 N–H and O–H groups in total. The molecule has 0 fully saturated rings. The molecule has 0 unspecified atom stereocenters. The van der Waals surface area contributed by atoms with Gasteiger partial charge in [-0.1, -0.05) is 16.9 Å². The second kappa shape index (κ2) is 6.10. The van der Waals surface area contributed by atoms with Crippen LogP contribution in [0.1, 0.15) is 10.4 Å². The zero-order chi connectivity index (χ0) is 14.5. The molecule has 0 spiro atoms. The summed E-state index contributed by atoms with van der Waals surface area (Å²) in [6.45, 7) is 0. The fourth-order valence-electron chi connectivity index (χ4n) is 1.49. The molecule has 0 saturated heterocycles. The van der Waals surface area contributed by atoms with E-state index in [0.717, 1.165) is 4.90 Å². The predicted molar refractivity (Wildman–Crippen MR) is 72.7 cm³/mol. The maximum Gasteiger partial charge on any atom is 0.335 e. The second-order valence-corrected chi connectivity index (χ2v) is 4.85. The summed E-state index contributed by atoms with van der Waals surface area (Å²) >= 11 is 1.26. The van der Waals surface area contributed by atoms with E-state index in [1.165, 1.54) is 36.0 Å². The molecule has 2 aromatic rings. The number of azide groups is 1. The lowest BCUT2D eigenvalue weighted by molar-refractivity contribution is 0.0697. The van der Waals surface area contributed by atoms with Gasteiger partial charge in [0.25, 0.3) is 0 Å². The molecule has 0 bridgehead atoms. The van der Waals surface area contributed by atoms with Gasteiger partial charge in [-0.15, -0.1) is 0 Å². The number of hydrogen-bond acceptors (Lipinski definition) is 3. The maximum atomic E-state index is 12.8. The Morgan fingerprint density at radius 3 is 2.55 bits per heavy atom. The molecule has 0 amide bonds. The number of hydrogen-bond donors (Lipinski definition) is 1. The van der Waals surface area contributed by atoms with Gasteiger partial charge in [-0.2, -0.15) is 0 Å². The van der Waals surface area contributed by atoms with Crippen LogP contribution >= 0.6 is 11.8 Å². The van der Waals surface area contributed by atoms with E-state index >= 15 is 0 Å². The van der Waals surface area contributed by atoms with Crippen LogP contribution in [0.15, 0.2) is 57.4 Å². The quantitative estimate of drug-likeness (QED) is 0.506. The van der Waals surface area contributed by atoms with Crippen LogP contribution in [-0.4, -0.2) is 11.1 Å². The first-order chi connectivity index (χ1) is 9.60. The Morgan fingerprint density at radius 1 is 1.25 bits per heavy atom. The number of halogens is 1. The van der Waals surface area contributed by atoms with Crippen molar-refractivity contribution >= 4 is 23.4 Å². The van der Waals surface area contributed by atoms with E-state index in [1.54, 1.807) is 18.2 Å². The van der Waals surface area contributed by atoms with Crippen LogP contribution in [0, 0.1) is 5.82 Å². The molecule has 0 aromatic heterocycles. The van der Waals surface area contributed by atoms with Gasteiger partial charge in [-0.3, -0.25) is 0 Å². The summed E-state index contributed by atoms with van der Waals surface area (Å²) in [6, 6.07) is 10.1. The lowest BCUT2D eigenvalue weighted by atomic mass is 10.2. The number of carbonyl (C=O) groups is 1. The molecule has 2 rings (SSSR count). The molecule has 0 aliphatic rings. The molecule has 100 valence electrons. The summed E-state index contributed by atoms with van der Waals surface area (Å²) in [5, 5.41) is 12.4. The highest BCUT2D eigenvalue weighted by atomic mass is 32.2. The van der Waals surface area contributed by atoms with Crippen LogP contribution in [0.25, 0.3) is 10.4 Å². The lowest BCUT2D eigenvalue weighted by Crippen LogP contribution is -1.95. The van der Waals surface area contributed by atoms with Gasteiger partial charge in [0.05, 0.1) is 11.3 Å². The molecule has 0 radical (unpaired) electrons. The van der Waals surface area contributed by atoms with Gasteiger partial charge in [0.1, 0.15) is 5.82 Å². The molecule has 0 aliphatic heterocycles. The van der Waals surface area contributed by atoms with E-state index < -0.39 is 5.97 Å². The molecule has 7 heteroatoms. The summed E-state index contributed by atoms with van der Waals surface area (Å²) < 4.78 is 12.8. The summed E-state index contributed by atoms with van der Waals surface area (Å²) in [7, 11) is 0. The Bertz CT molecular complexity index is 697. The zero-order valence-electron chi connectivity index (χ0n) is 10.0. The fraction of sp³-hybridized carbons (Fsp3) is 0. The standard InChI is InChI=1S/C13H8FN3O2S/c14-9-2-4-10(5-3-9)20-12-6-1-8(13(18)19)7-11(12)16-17-15/h1-7H,(H,18,19). The van der Waals surface area contributed by atoms with Gasteiger partial charge in [0.15, 0.2) is 0 Å². The van der Waals surface area contributed by atoms with Gasteiger partial charge in [-0.05, 0) is 48.0 Å². The minimum Gasteiger partial charge on any atom is -0.478 e. The monoisotopic (exact) mass is 289 g/mol. The Labute approximate surface area is 117 Å². The van der Waals surface area contributed by atoms with Gasteiger partial charge >= 0.3 is 5.97 Å². The Morgan fingerprint density at radius 2 is 1.95 bits per heavy atom. The molecule has 0 aliphatic carbocycles. The average molecular weight is 289 g/mol. The van der Waals surface area contributed by atoms with Crippen molar-refractivity contribution in [3.63, 3.8) is 0 Å². The summed E-state index contributed by atoms with van der Waals surface area (Å²) in [5.74, 6) is -1.44. The van der Waals surface area contributed by atoms with Crippen LogP contribution in [0.4, 0.5) is 10.1 Å². The normalized spacial score (nSPS) is 9.85. The molecule has 0 saturated carbocycles. The second-order valence-electron chi connectivity index (χ2n) is 3.73. The van der Waals surface area contributed by atoms with Crippen molar-refractivity contribution < 1.29 is 14.3 Å². The summed E-state index contributed by atoms with van der Waals surface area (Å²) in [4.78, 5) is 14.9. The molecule has 5 nitrogen and oxygen atoms in total. The highest BCUT2D eigenvalue weighted by molar-refractivity contribution is 7.99. The zero-order valence-corrected chi connectivity index (χ0v) is 10.8. The number of benzene rings is 2. The van der Waals surface area contributed by atoms with E-state index in [2.05, 4.69) is 10.0 Å². The molecular formula is C13H8FN3O2S. The van der Waals surface area contributed by atoms with Crippen molar-refractivity contribution in [2.75, 3.05) is 0 Å². The van der Waals surface area contributed by atoms with Crippen LogP contribution in [0.5, 0.6) is 0 Å². The van der Waals surface area contributed by atoms with Crippen molar-refractivity contribution in [2.24, 2.45) is 5.11 Å². The smallest absolute Gasteiger partial charge is 0.335 e. The van der Waals surface area contributed by atoms with Gasteiger partial charge in [0, 0.05) is 14.7 Å². The Hall–Kier alpha value is -2.50. The molecular weight excluding hydrogens is 281 g/mol. The SMILES string of the molecule is [N-]=[N+]=Nc1cc(C(=O)O)ccc1Sc1ccc(F)cc1. The predicted octanol–water partition coefficient (Wildman–Crippen LogP) is 4.62. The minimum absolute atomic E-state index is 0.0378. The van der Waals surface area contributed by atoms with E-state index in [4.69, 9.17) is 10.6 Å². The van der Waals surface area contributed by atoms with Crippen molar-refractivity contribution in [2.45, 2.75) is 9.79 Å². The van der Waals surface area contributed by atoms with Crippen molar-refractivity contribution in [3.05, 3.63) is 64.3 Å². The molecule has 0 heterocycles. The average Bonchev–Trinajstić information content (AvgIpc) is 2.43. The summed E-state index contributed by atoms with van der Waals surface area (Å²) in [5.41, 5.74) is 8.79. The fourth-order valence-corrected chi connectivity index (χ4v) is 2.36. The first-order valence-electron chi connectivity index (χ1n) is 5.46. The minimum atomic E-state index is -1.10. The Balaban J connectivity index is 2.37. The number of carboxylic acids is 1. The van der Waals surface area contributed by atoms with Crippen LogP contribution < -0.4 is 0 Å². The van der Waals surface area contributed by atoms with Crippen molar-refractivity contribution in [1.29, 1.82) is 0 Å². The van der Waals surface area contributed by atoms with E-state index in [0.29, 0.717) is 4.90 Å². The van der Waals surface area contributed by atoms with E-state index in [1.807, 2.05) is 0 Å². The van der Waals surface area contributed by atoms with Gasteiger partial charge in [0.2, 0.25) is 0 Å². The van der Waals surface area contributed by atoms with Crippen molar-refractivity contribution in [1.82, 2.24) is 0 Å². The largest absolute Gasteiger partial charge is 0.478 e. The first kappa shape index (κ1) is 13.9. The first-order valence-corrected chi connectivity index (χ1v) is 6.27.